The van der Waals surface area contributed by atoms with Gasteiger partial charge in [-0.3, -0.25) is 9.59 Å². The maximum Gasteiger partial charge on any atom is 0.311 e. The highest BCUT2D eigenvalue weighted by molar-refractivity contribution is 7.13. The molecule has 1 amide bonds. The lowest BCUT2D eigenvalue weighted by molar-refractivity contribution is -0.142. The number of nitrogens with two attached hydrogens (primary N) is 1. The van der Waals surface area contributed by atoms with E-state index < -0.39 is 6.04 Å². The van der Waals surface area contributed by atoms with Crippen LogP contribution in [0.3, 0.4) is 0 Å². The fraction of sp³-hybridized carbons (Fsp3) is 0.545. The molecule has 0 radical (unpaired) electrons. The topological polar surface area (TPSA) is 104 Å². The number of thiazole rings is 1. The van der Waals surface area contributed by atoms with Crippen molar-refractivity contribution in [2.75, 3.05) is 25.6 Å². The molecule has 0 aliphatic rings. The van der Waals surface area contributed by atoms with Gasteiger partial charge in [-0.2, -0.15) is 0 Å². The Kier molecular flexibility index (Phi) is 6.40. The zero-order valence-corrected chi connectivity index (χ0v) is 11.7. The van der Waals surface area contributed by atoms with Crippen molar-refractivity contribution in [2.24, 2.45) is 5.73 Å². The quantitative estimate of drug-likeness (QED) is 0.692. The van der Waals surface area contributed by atoms with E-state index in [0.717, 1.165) is 0 Å². The van der Waals surface area contributed by atoms with Crippen molar-refractivity contribution in [2.45, 2.75) is 19.4 Å². The summed E-state index contributed by atoms with van der Waals surface area (Å²) in [5.74, 6) is -0.722. The summed E-state index contributed by atoms with van der Waals surface area (Å²) in [5, 5.41) is 4.65. The third-order valence-electron chi connectivity index (χ3n) is 2.10. The minimum absolute atomic E-state index is 0.0876. The fourth-order valence-corrected chi connectivity index (χ4v) is 1.97. The van der Waals surface area contributed by atoms with E-state index in [4.69, 9.17) is 15.2 Å². The van der Waals surface area contributed by atoms with Crippen molar-refractivity contribution in [3.8, 4) is 0 Å². The summed E-state index contributed by atoms with van der Waals surface area (Å²) in [6.45, 7) is 2.20. The van der Waals surface area contributed by atoms with Gasteiger partial charge in [0.1, 0.15) is 6.04 Å². The second-order valence-electron chi connectivity index (χ2n) is 3.68. The molecule has 1 rings (SSSR count). The molecule has 0 aliphatic carbocycles. The molecule has 1 aromatic rings. The van der Waals surface area contributed by atoms with Gasteiger partial charge in [-0.25, -0.2) is 4.98 Å². The van der Waals surface area contributed by atoms with E-state index in [0.29, 0.717) is 17.4 Å². The monoisotopic (exact) mass is 287 g/mol. The lowest BCUT2D eigenvalue weighted by atomic mass is 10.3. The number of esters is 1. The lowest BCUT2D eigenvalue weighted by Gasteiger charge is -2.08. The Balaban J connectivity index is 2.50. The van der Waals surface area contributed by atoms with E-state index >= 15 is 0 Å². The molecule has 0 saturated heterocycles. The largest absolute Gasteiger partial charge is 0.466 e. The summed E-state index contributed by atoms with van der Waals surface area (Å²) in [7, 11) is 1.47. The van der Waals surface area contributed by atoms with Crippen molar-refractivity contribution < 1.29 is 19.1 Å². The van der Waals surface area contributed by atoms with Crippen LogP contribution in [0.1, 0.15) is 12.6 Å². The predicted molar refractivity (Wildman–Crippen MR) is 70.9 cm³/mol. The smallest absolute Gasteiger partial charge is 0.311 e. The Bertz CT molecular complexity index is 435. The number of rotatable bonds is 7. The number of ether oxygens (including phenoxy) is 2. The van der Waals surface area contributed by atoms with Crippen LogP contribution in [-0.4, -0.2) is 43.2 Å². The first-order chi connectivity index (χ1) is 9.06. The van der Waals surface area contributed by atoms with Crippen molar-refractivity contribution in [1.82, 2.24) is 4.98 Å². The van der Waals surface area contributed by atoms with Crippen LogP contribution in [0.25, 0.3) is 0 Å². The van der Waals surface area contributed by atoms with Gasteiger partial charge >= 0.3 is 5.97 Å². The number of amides is 1. The van der Waals surface area contributed by atoms with Crippen molar-refractivity contribution in [3.63, 3.8) is 0 Å². The van der Waals surface area contributed by atoms with Crippen molar-refractivity contribution >= 4 is 28.3 Å². The molecule has 106 valence electrons. The van der Waals surface area contributed by atoms with Crippen LogP contribution in [0.2, 0.25) is 0 Å². The van der Waals surface area contributed by atoms with Crippen LogP contribution in [0.5, 0.6) is 0 Å². The molecule has 0 aromatic carbocycles. The lowest BCUT2D eigenvalue weighted by Crippen LogP contribution is -2.39. The standard InChI is InChI=1S/C11H17N3O4S/c1-3-18-9(15)4-7-6-19-11(13-7)14-10(16)8(12)5-17-2/h6,8H,3-5,12H2,1-2H3,(H,13,14,16). The number of carbonyl (C=O) groups is 2. The molecule has 0 bridgehead atoms. The van der Waals surface area contributed by atoms with Gasteiger partial charge in [-0.1, -0.05) is 0 Å². The van der Waals surface area contributed by atoms with E-state index in [1.54, 1.807) is 12.3 Å². The number of hydrogen-bond donors (Lipinski definition) is 2. The number of nitrogens with zero attached hydrogens (tertiary/aromatic N) is 1. The average Bonchev–Trinajstić information content (AvgIpc) is 2.77. The second kappa shape index (κ2) is 7.82. The highest BCUT2D eigenvalue weighted by Crippen LogP contribution is 2.16. The number of anilines is 1. The van der Waals surface area contributed by atoms with Gasteiger partial charge in [0.2, 0.25) is 5.91 Å². The highest BCUT2D eigenvalue weighted by atomic mass is 32.1. The van der Waals surface area contributed by atoms with Crippen LogP contribution < -0.4 is 11.1 Å². The van der Waals surface area contributed by atoms with Gasteiger partial charge in [0, 0.05) is 12.5 Å². The molecule has 0 aliphatic heterocycles. The minimum Gasteiger partial charge on any atom is -0.466 e. The van der Waals surface area contributed by atoms with Gasteiger partial charge in [0.15, 0.2) is 5.13 Å². The van der Waals surface area contributed by atoms with E-state index in [9.17, 15) is 9.59 Å². The average molecular weight is 287 g/mol. The number of methoxy groups -OCH3 is 1. The normalized spacial score (nSPS) is 11.9. The zero-order valence-electron chi connectivity index (χ0n) is 10.8. The van der Waals surface area contributed by atoms with Crippen molar-refractivity contribution in [3.05, 3.63) is 11.1 Å². The van der Waals surface area contributed by atoms with Crippen LogP contribution in [-0.2, 0) is 25.5 Å². The maximum atomic E-state index is 11.6. The van der Waals surface area contributed by atoms with Gasteiger partial charge in [0.25, 0.3) is 0 Å². The molecule has 0 spiro atoms. The van der Waals surface area contributed by atoms with Gasteiger partial charge < -0.3 is 20.5 Å². The van der Waals surface area contributed by atoms with Gasteiger partial charge in [0.05, 0.1) is 25.3 Å². The number of hydrogen-bond acceptors (Lipinski definition) is 7. The molecule has 8 heteroatoms. The fourth-order valence-electron chi connectivity index (χ4n) is 1.26. The summed E-state index contributed by atoms with van der Waals surface area (Å²) >= 11 is 1.23. The Morgan fingerprint density at radius 1 is 1.58 bits per heavy atom. The van der Waals surface area contributed by atoms with Crippen LogP contribution in [0.4, 0.5) is 5.13 Å². The molecule has 0 fully saturated rings. The molecule has 1 aromatic heterocycles. The first kappa shape index (κ1) is 15.5. The summed E-state index contributed by atoms with van der Waals surface area (Å²) in [4.78, 5) is 27.0. The molecule has 3 N–H and O–H groups in total. The molecule has 7 nitrogen and oxygen atoms in total. The maximum absolute atomic E-state index is 11.6. The van der Waals surface area contributed by atoms with E-state index in [-0.39, 0.29) is 24.9 Å². The van der Waals surface area contributed by atoms with Crippen LogP contribution >= 0.6 is 11.3 Å². The first-order valence-corrected chi connectivity index (χ1v) is 6.60. The van der Waals surface area contributed by atoms with E-state index in [1.165, 1.54) is 18.4 Å². The Morgan fingerprint density at radius 2 is 2.32 bits per heavy atom. The Labute approximate surface area is 115 Å². The van der Waals surface area contributed by atoms with Gasteiger partial charge in [-0.05, 0) is 6.92 Å². The van der Waals surface area contributed by atoms with E-state index in [2.05, 4.69) is 10.3 Å². The highest BCUT2D eigenvalue weighted by Gasteiger charge is 2.15. The van der Waals surface area contributed by atoms with Crippen LogP contribution in [0.15, 0.2) is 5.38 Å². The Hall–Kier alpha value is -1.51. The second-order valence-corrected chi connectivity index (χ2v) is 4.53. The SMILES string of the molecule is CCOC(=O)Cc1csc(NC(=O)C(N)COC)n1. The number of carbonyl (C=O) groups excluding carboxylic acids is 2. The predicted octanol–water partition coefficient (Wildman–Crippen LogP) is 0.161. The molecular weight excluding hydrogens is 270 g/mol. The summed E-state index contributed by atoms with van der Waals surface area (Å²) in [6.07, 6.45) is 0.0876. The first-order valence-electron chi connectivity index (χ1n) is 5.72. The van der Waals surface area contributed by atoms with Crippen molar-refractivity contribution in [1.29, 1.82) is 0 Å². The number of aromatic nitrogens is 1. The summed E-state index contributed by atoms with van der Waals surface area (Å²) in [5.41, 5.74) is 6.12. The summed E-state index contributed by atoms with van der Waals surface area (Å²) < 4.78 is 9.59. The molecule has 1 unspecified atom stereocenters. The molecule has 0 saturated carbocycles. The van der Waals surface area contributed by atoms with Crippen LogP contribution in [0, 0.1) is 0 Å². The molecular formula is C11H17N3O4S. The summed E-state index contributed by atoms with van der Waals surface area (Å²) in [6, 6.07) is -0.748. The van der Waals surface area contributed by atoms with Gasteiger partial charge in [-0.15, -0.1) is 11.3 Å². The third kappa shape index (κ3) is 5.33. The zero-order chi connectivity index (χ0) is 14.3. The minimum atomic E-state index is -0.748. The van der Waals surface area contributed by atoms with E-state index in [1.807, 2.05) is 0 Å². The Morgan fingerprint density at radius 3 is 2.95 bits per heavy atom. The molecule has 19 heavy (non-hydrogen) atoms. The molecule has 1 atom stereocenters. The number of nitrogens with one attached hydrogen (secondary N) is 1. The third-order valence-corrected chi connectivity index (χ3v) is 2.90. The molecule has 1 heterocycles.